The largest absolute Gasteiger partial charge is 0.399 e. The molecule has 3 N–H and O–H groups in total. The number of benzene rings is 1. The van der Waals surface area contributed by atoms with Gasteiger partial charge in [-0.15, -0.1) is 22.7 Å². The molecule has 0 bridgehead atoms. The van der Waals surface area contributed by atoms with Crippen LogP contribution in [-0.4, -0.2) is 4.98 Å². The molecule has 0 radical (unpaired) electrons. The van der Waals surface area contributed by atoms with E-state index in [0.717, 1.165) is 27.8 Å². The minimum Gasteiger partial charge on any atom is -0.399 e. The number of nitrogens with zero attached hydrogens (tertiary/aromatic N) is 1. The molecule has 0 aliphatic carbocycles. The molecule has 3 rings (SSSR count). The molecule has 2 aromatic heterocycles. The third-order valence-electron chi connectivity index (χ3n) is 2.77. The Bertz CT molecular complexity index is 687. The third kappa shape index (κ3) is 2.62. The smallest absolute Gasteiger partial charge is 0.187 e. The fraction of sp³-hybridized carbons (Fsp3) is 0.0714. The van der Waals surface area contributed by atoms with Gasteiger partial charge in [-0.2, -0.15) is 0 Å². The summed E-state index contributed by atoms with van der Waals surface area (Å²) in [5.41, 5.74) is 9.71. The van der Waals surface area contributed by atoms with Crippen LogP contribution in [-0.2, 0) is 0 Å². The lowest BCUT2D eigenvalue weighted by atomic mass is 10.2. The molecule has 0 amide bonds. The molecule has 19 heavy (non-hydrogen) atoms. The Morgan fingerprint density at radius 2 is 2.11 bits per heavy atom. The van der Waals surface area contributed by atoms with Gasteiger partial charge < -0.3 is 11.1 Å². The Labute approximate surface area is 119 Å². The molecule has 0 aliphatic rings. The molecule has 5 heteroatoms. The molecule has 0 saturated carbocycles. The summed E-state index contributed by atoms with van der Waals surface area (Å²) in [6.07, 6.45) is 0. The number of nitrogens with two attached hydrogens (primary N) is 1. The standard InChI is InChI=1S/C14H13N3S2/c1-9-7-10(15)4-5-11(9)16-14-17-12(8-19-14)13-3-2-6-18-13/h2-8H,15H2,1H3,(H,16,17). The van der Waals surface area contributed by atoms with Gasteiger partial charge in [-0.3, -0.25) is 0 Å². The van der Waals surface area contributed by atoms with Crippen molar-refractivity contribution >= 4 is 39.2 Å². The number of thiazole rings is 1. The molecule has 1 aromatic carbocycles. The molecule has 96 valence electrons. The summed E-state index contributed by atoms with van der Waals surface area (Å²) in [6, 6.07) is 9.95. The second kappa shape index (κ2) is 5.03. The zero-order chi connectivity index (χ0) is 13.2. The maximum Gasteiger partial charge on any atom is 0.187 e. The van der Waals surface area contributed by atoms with Crippen molar-refractivity contribution in [1.82, 2.24) is 4.98 Å². The summed E-state index contributed by atoms with van der Waals surface area (Å²) in [6.45, 7) is 2.03. The molecule has 0 fully saturated rings. The molecular weight excluding hydrogens is 274 g/mol. The van der Waals surface area contributed by atoms with Gasteiger partial charge >= 0.3 is 0 Å². The maximum absolute atomic E-state index is 5.75. The van der Waals surface area contributed by atoms with E-state index in [4.69, 9.17) is 5.73 Å². The van der Waals surface area contributed by atoms with E-state index in [1.807, 2.05) is 31.2 Å². The number of thiophene rings is 1. The SMILES string of the molecule is Cc1cc(N)ccc1Nc1nc(-c2cccs2)cs1. The molecule has 0 atom stereocenters. The van der Waals surface area contributed by atoms with E-state index in [1.54, 1.807) is 22.7 Å². The number of hydrogen-bond acceptors (Lipinski definition) is 5. The summed E-state index contributed by atoms with van der Waals surface area (Å²) >= 11 is 3.31. The third-order valence-corrected chi connectivity index (χ3v) is 4.42. The summed E-state index contributed by atoms with van der Waals surface area (Å²) in [4.78, 5) is 5.79. The highest BCUT2D eigenvalue weighted by Gasteiger charge is 2.06. The summed E-state index contributed by atoms with van der Waals surface area (Å²) in [5.74, 6) is 0. The minimum absolute atomic E-state index is 0.779. The van der Waals surface area contributed by atoms with Crippen molar-refractivity contribution in [2.75, 3.05) is 11.1 Å². The van der Waals surface area contributed by atoms with Gasteiger partial charge in [0.2, 0.25) is 0 Å². The molecule has 3 aromatic rings. The second-order valence-corrected chi connectivity index (χ2v) is 6.02. The summed E-state index contributed by atoms with van der Waals surface area (Å²) in [7, 11) is 0. The normalized spacial score (nSPS) is 10.6. The Balaban J connectivity index is 1.84. The fourth-order valence-corrected chi connectivity index (χ4v) is 3.29. The van der Waals surface area contributed by atoms with Crippen LogP contribution in [0.1, 0.15) is 5.56 Å². The van der Waals surface area contributed by atoms with Gasteiger partial charge in [-0.05, 0) is 42.1 Å². The van der Waals surface area contributed by atoms with Gasteiger partial charge in [0.15, 0.2) is 5.13 Å². The Morgan fingerprint density at radius 3 is 2.84 bits per heavy atom. The Hall–Kier alpha value is -1.85. The van der Waals surface area contributed by atoms with Crippen molar-refractivity contribution in [3.8, 4) is 10.6 Å². The van der Waals surface area contributed by atoms with Crippen LogP contribution in [0.25, 0.3) is 10.6 Å². The predicted molar refractivity (Wildman–Crippen MR) is 84.3 cm³/mol. The number of hydrogen-bond donors (Lipinski definition) is 2. The fourth-order valence-electron chi connectivity index (χ4n) is 1.81. The van der Waals surface area contributed by atoms with E-state index >= 15 is 0 Å². The van der Waals surface area contributed by atoms with E-state index in [9.17, 15) is 0 Å². The van der Waals surface area contributed by atoms with Crippen molar-refractivity contribution in [2.45, 2.75) is 6.92 Å². The zero-order valence-electron chi connectivity index (χ0n) is 10.4. The van der Waals surface area contributed by atoms with Gasteiger partial charge in [-0.1, -0.05) is 6.07 Å². The quantitative estimate of drug-likeness (QED) is 0.697. The van der Waals surface area contributed by atoms with E-state index in [2.05, 4.69) is 27.1 Å². The van der Waals surface area contributed by atoms with E-state index in [-0.39, 0.29) is 0 Å². The summed E-state index contributed by atoms with van der Waals surface area (Å²) < 4.78 is 0. The number of anilines is 3. The topological polar surface area (TPSA) is 50.9 Å². The lowest BCUT2D eigenvalue weighted by Crippen LogP contribution is -1.94. The first-order valence-electron chi connectivity index (χ1n) is 5.85. The minimum atomic E-state index is 0.779. The number of nitrogen functional groups attached to an aromatic ring is 1. The lowest BCUT2D eigenvalue weighted by molar-refractivity contribution is 1.37. The number of aromatic nitrogens is 1. The van der Waals surface area contributed by atoms with Crippen LogP contribution in [0.2, 0.25) is 0 Å². The van der Waals surface area contributed by atoms with Crippen LogP contribution in [0.3, 0.4) is 0 Å². The molecule has 0 saturated heterocycles. The first-order valence-corrected chi connectivity index (χ1v) is 7.61. The van der Waals surface area contributed by atoms with Crippen LogP contribution < -0.4 is 11.1 Å². The first-order chi connectivity index (χ1) is 9.22. The van der Waals surface area contributed by atoms with Crippen LogP contribution in [0, 0.1) is 6.92 Å². The number of nitrogens with one attached hydrogen (secondary N) is 1. The average Bonchev–Trinajstić information content (AvgIpc) is 3.03. The average molecular weight is 287 g/mol. The van der Waals surface area contributed by atoms with E-state index in [0.29, 0.717) is 0 Å². The van der Waals surface area contributed by atoms with Crippen LogP contribution in [0.5, 0.6) is 0 Å². The van der Waals surface area contributed by atoms with Crippen LogP contribution >= 0.6 is 22.7 Å². The van der Waals surface area contributed by atoms with Crippen molar-refractivity contribution < 1.29 is 0 Å². The highest BCUT2D eigenvalue weighted by atomic mass is 32.1. The Morgan fingerprint density at radius 1 is 1.21 bits per heavy atom. The number of aryl methyl sites for hydroxylation is 1. The van der Waals surface area contributed by atoms with Crippen molar-refractivity contribution in [2.24, 2.45) is 0 Å². The van der Waals surface area contributed by atoms with E-state index in [1.165, 1.54) is 4.88 Å². The van der Waals surface area contributed by atoms with Gasteiger partial charge in [0.05, 0.1) is 10.6 Å². The molecule has 3 nitrogen and oxygen atoms in total. The molecule has 0 unspecified atom stereocenters. The maximum atomic E-state index is 5.75. The van der Waals surface area contributed by atoms with Crippen molar-refractivity contribution in [3.05, 3.63) is 46.7 Å². The molecule has 0 aliphatic heterocycles. The monoisotopic (exact) mass is 287 g/mol. The predicted octanol–water partition coefficient (Wildman–Crippen LogP) is 4.51. The molecular formula is C14H13N3S2. The van der Waals surface area contributed by atoms with Gasteiger partial charge in [0.25, 0.3) is 0 Å². The zero-order valence-corrected chi connectivity index (χ0v) is 12.0. The highest BCUT2D eigenvalue weighted by molar-refractivity contribution is 7.16. The Kier molecular flexibility index (Phi) is 3.23. The number of rotatable bonds is 3. The van der Waals surface area contributed by atoms with Crippen LogP contribution in [0.4, 0.5) is 16.5 Å². The van der Waals surface area contributed by atoms with Crippen molar-refractivity contribution in [1.29, 1.82) is 0 Å². The highest BCUT2D eigenvalue weighted by Crippen LogP contribution is 2.30. The second-order valence-electron chi connectivity index (χ2n) is 4.21. The lowest BCUT2D eigenvalue weighted by Gasteiger charge is -2.07. The van der Waals surface area contributed by atoms with E-state index < -0.39 is 0 Å². The van der Waals surface area contributed by atoms with Gasteiger partial charge in [0.1, 0.15) is 0 Å². The molecule has 0 spiro atoms. The molecule has 2 heterocycles. The van der Waals surface area contributed by atoms with Crippen LogP contribution in [0.15, 0.2) is 41.1 Å². The first kappa shape index (κ1) is 12.2. The van der Waals surface area contributed by atoms with Gasteiger partial charge in [-0.25, -0.2) is 4.98 Å². The van der Waals surface area contributed by atoms with Crippen molar-refractivity contribution in [3.63, 3.8) is 0 Å². The van der Waals surface area contributed by atoms with Gasteiger partial charge in [0, 0.05) is 16.8 Å². The summed E-state index contributed by atoms with van der Waals surface area (Å²) in [5, 5.41) is 8.37.